The van der Waals surface area contributed by atoms with Crippen molar-refractivity contribution in [1.29, 1.82) is 0 Å². The molecule has 1 aromatic rings. The van der Waals surface area contributed by atoms with Crippen LogP contribution in [0.4, 0.5) is 5.69 Å². The van der Waals surface area contributed by atoms with E-state index in [1.54, 1.807) is 32.4 Å². The highest BCUT2D eigenvalue weighted by atomic mass is 16.5. The molecule has 0 aromatic carbocycles. The summed E-state index contributed by atoms with van der Waals surface area (Å²) in [5.41, 5.74) is -0.250. The first-order valence-electron chi connectivity index (χ1n) is 7.94. The first-order valence-corrected chi connectivity index (χ1v) is 7.94. The van der Waals surface area contributed by atoms with Crippen LogP contribution in [0.15, 0.2) is 18.3 Å². The fourth-order valence-electron chi connectivity index (χ4n) is 2.20. The highest BCUT2D eigenvalue weighted by molar-refractivity contribution is 5.96. The van der Waals surface area contributed by atoms with Gasteiger partial charge in [0.1, 0.15) is 12.2 Å². The van der Waals surface area contributed by atoms with Gasteiger partial charge in [-0.25, -0.2) is 4.98 Å². The van der Waals surface area contributed by atoms with Crippen molar-refractivity contribution in [1.82, 2.24) is 4.98 Å². The van der Waals surface area contributed by atoms with E-state index in [1.165, 1.54) is 0 Å². The Labute approximate surface area is 138 Å². The highest BCUT2D eigenvalue weighted by Crippen LogP contribution is 2.22. The first kappa shape index (κ1) is 19.4. The summed E-state index contributed by atoms with van der Waals surface area (Å²) in [5.74, 6) is 0.671. The number of anilines is 1. The van der Waals surface area contributed by atoms with E-state index in [0.717, 1.165) is 0 Å². The molecule has 23 heavy (non-hydrogen) atoms. The zero-order chi connectivity index (χ0) is 17.3. The Bertz CT molecular complexity index is 476. The Hall–Kier alpha value is -1.66. The fourth-order valence-corrected chi connectivity index (χ4v) is 2.20. The number of pyridine rings is 1. The summed E-state index contributed by atoms with van der Waals surface area (Å²) in [7, 11) is 1.55. The van der Waals surface area contributed by atoms with E-state index in [4.69, 9.17) is 14.2 Å². The third-order valence-electron chi connectivity index (χ3n) is 3.40. The lowest BCUT2D eigenvalue weighted by Crippen LogP contribution is -2.43. The van der Waals surface area contributed by atoms with E-state index >= 15 is 0 Å². The quantitative estimate of drug-likeness (QED) is 0.670. The molecule has 0 fully saturated rings. The highest BCUT2D eigenvalue weighted by Gasteiger charge is 2.33. The summed E-state index contributed by atoms with van der Waals surface area (Å²) in [6.07, 6.45) is 2.21. The van der Waals surface area contributed by atoms with E-state index in [-0.39, 0.29) is 5.91 Å². The average Bonchev–Trinajstić information content (AvgIpc) is 2.52. The third-order valence-corrected chi connectivity index (χ3v) is 3.40. The monoisotopic (exact) mass is 324 g/mol. The van der Waals surface area contributed by atoms with Crippen molar-refractivity contribution in [3.05, 3.63) is 18.3 Å². The minimum absolute atomic E-state index is 0.180. The van der Waals surface area contributed by atoms with Gasteiger partial charge >= 0.3 is 0 Å². The number of aromatic nitrogens is 1. The van der Waals surface area contributed by atoms with E-state index in [2.05, 4.69) is 24.1 Å². The van der Waals surface area contributed by atoms with Crippen LogP contribution in [0.3, 0.4) is 0 Å². The van der Waals surface area contributed by atoms with Gasteiger partial charge in [0.2, 0.25) is 5.88 Å². The molecule has 0 aliphatic carbocycles. The van der Waals surface area contributed by atoms with Gasteiger partial charge in [-0.3, -0.25) is 4.79 Å². The standard InChI is InChI=1S/C17H28N2O4/c1-6-22-9-10-23-15-8-7-14(12-18-15)19-16(20)17(4,21-5)11-13(2)3/h7-8,12-13H,6,9-11H2,1-5H3,(H,19,20)/t17-/m0/s1. The van der Waals surface area contributed by atoms with Gasteiger partial charge in [-0.05, 0) is 32.3 Å². The number of hydrogen-bond donors (Lipinski definition) is 1. The number of amides is 1. The van der Waals surface area contributed by atoms with Gasteiger partial charge in [0.25, 0.3) is 5.91 Å². The Morgan fingerprint density at radius 1 is 1.35 bits per heavy atom. The number of nitrogens with one attached hydrogen (secondary N) is 1. The van der Waals surface area contributed by atoms with Crippen LogP contribution in [0.1, 0.15) is 34.1 Å². The topological polar surface area (TPSA) is 69.7 Å². The summed E-state index contributed by atoms with van der Waals surface area (Å²) in [6, 6.07) is 3.47. The maximum atomic E-state index is 12.4. The fraction of sp³-hybridized carbons (Fsp3) is 0.647. The summed E-state index contributed by atoms with van der Waals surface area (Å²) in [4.78, 5) is 16.6. The molecule has 1 heterocycles. The molecule has 0 radical (unpaired) electrons. The smallest absolute Gasteiger partial charge is 0.256 e. The van der Waals surface area contributed by atoms with Crippen LogP contribution >= 0.6 is 0 Å². The van der Waals surface area contributed by atoms with E-state index < -0.39 is 5.60 Å². The van der Waals surface area contributed by atoms with Gasteiger partial charge in [-0.1, -0.05) is 13.8 Å². The lowest BCUT2D eigenvalue weighted by atomic mass is 9.93. The van der Waals surface area contributed by atoms with Crippen molar-refractivity contribution in [2.75, 3.05) is 32.2 Å². The number of ether oxygens (including phenoxy) is 3. The van der Waals surface area contributed by atoms with Gasteiger partial charge in [0.05, 0.1) is 18.5 Å². The zero-order valence-electron chi connectivity index (χ0n) is 14.7. The maximum absolute atomic E-state index is 12.4. The maximum Gasteiger partial charge on any atom is 0.256 e. The van der Waals surface area contributed by atoms with Gasteiger partial charge in [-0.2, -0.15) is 0 Å². The van der Waals surface area contributed by atoms with Crippen molar-refractivity contribution < 1.29 is 19.0 Å². The molecule has 6 heteroatoms. The second kappa shape index (κ2) is 9.47. The van der Waals surface area contributed by atoms with Crippen molar-refractivity contribution in [2.45, 2.75) is 39.7 Å². The lowest BCUT2D eigenvalue weighted by molar-refractivity contribution is -0.137. The molecule has 0 aliphatic rings. The molecule has 1 atom stereocenters. The van der Waals surface area contributed by atoms with Crippen LogP contribution in [0.5, 0.6) is 5.88 Å². The number of rotatable bonds is 10. The molecule has 1 N–H and O–H groups in total. The van der Waals surface area contributed by atoms with Crippen LogP contribution in [-0.2, 0) is 14.3 Å². The Morgan fingerprint density at radius 2 is 2.09 bits per heavy atom. The second-order valence-electron chi connectivity index (χ2n) is 5.92. The molecule has 1 rings (SSSR count). The molecule has 0 unspecified atom stereocenters. The predicted molar refractivity (Wildman–Crippen MR) is 89.7 cm³/mol. The molecule has 0 spiro atoms. The van der Waals surface area contributed by atoms with Crippen molar-refractivity contribution >= 4 is 11.6 Å². The molecule has 0 saturated carbocycles. The number of methoxy groups -OCH3 is 1. The molecule has 1 amide bonds. The van der Waals surface area contributed by atoms with E-state index in [1.807, 2.05) is 6.92 Å². The zero-order valence-corrected chi connectivity index (χ0v) is 14.7. The Kier molecular flexibility index (Phi) is 7.98. The second-order valence-corrected chi connectivity index (χ2v) is 5.92. The van der Waals surface area contributed by atoms with Crippen LogP contribution in [0.25, 0.3) is 0 Å². The molecule has 0 saturated heterocycles. The van der Waals surface area contributed by atoms with Crippen molar-refractivity contribution in [3.8, 4) is 5.88 Å². The molecular formula is C17H28N2O4. The minimum Gasteiger partial charge on any atom is -0.475 e. The lowest BCUT2D eigenvalue weighted by Gasteiger charge is -2.28. The van der Waals surface area contributed by atoms with Gasteiger partial charge in [0, 0.05) is 19.8 Å². The normalized spacial score (nSPS) is 13.7. The molecule has 130 valence electrons. The van der Waals surface area contributed by atoms with Crippen LogP contribution in [0.2, 0.25) is 0 Å². The average molecular weight is 324 g/mol. The van der Waals surface area contributed by atoms with Crippen molar-refractivity contribution in [3.63, 3.8) is 0 Å². The number of carbonyl (C=O) groups excluding carboxylic acids is 1. The van der Waals surface area contributed by atoms with Gasteiger partial charge in [-0.15, -0.1) is 0 Å². The van der Waals surface area contributed by atoms with Crippen LogP contribution < -0.4 is 10.1 Å². The van der Waals surface area contributed by atoms with Crippen LogP contribution in [0, 0.1) is 5.92 Å². The van der Waals surface area contributed by atoms with Gasteiger partial charge < -0.3 is 19.5 Å². The molecule has 0 aliphatic heterocycles. The molecule has 1 aromatic heterocycles. The SMILES string of the molecule is CCOCCOc1ccc(NC(=O)[C@](C)(CC(C)C)OC)cn1. The summed E-state index contributed by atoms with van der Waals surface area (Å²) >= 11 is 0. The van der Waals surface area contributed by atoms with Crippen LogP contribution in [-0.4, -0.2) is 43.4 Å². The Balaban J connectivity index is 2.58. The number of nitrogens with zero attached hydrogens (tertiary/aromatic N) is 1. The summed E-state index contributed by atoms with van der Waals surface area (Å²) in [6.45, 7) is 9.47. The number of hydrogen-bond acceptors (Lipinski definition) is 5. The summed E-state index contributed by atoms with van der Waals surface area (Å²) in [5, 5.41) is 2.84. The minimum atomic E-state index is -0.860. The van der Waals surface area contributed by atoms with Gasteiger partial charge in [0.15, 0.2) is 0 Å². The third kappa shape index (κ3) is 6.54. The van der Waals surface area contributed by atoms with E-state index in [9.17, 15) is 4.79 Å². The Morgan fingerprint density at radius 3 is 2.61 bits per heavy atom. The largest absolute Gasteiger partial charge is 0.475 e. The predicted octanol–water partition coefficient (Wildman–Crippen LogP) is 2.89. The first-order chi connectivity index (χ1) is 10.9. The molecule has 0 bridgehead atoms. The van der Waals surface area contributed by atoms with Crippen molar-refractivity contribution in [2.24, 2.45) is 5.92 Å². The molecule has 6 nitrogen and oxygen atoms in total. The summed E-state index contributed by atoms with van der Waals surface area (Å²) < 4.78 is 16.0. The van der Waals surface area contributed by atoms with E-state index in [0.29, 0.717) is 43.7 Å². The molecular weight excluding hydrogens is 296 g/mol. The number of carbonyl (C=O) groups is 1.